The summed E-state index contributed by atoms with van der Waals surface area (Å²) in [5.74, 6) is -0.163. The number of aromatic amines is 1. The molecular weight excluding hydrogens is 339 g/mol. The van der Waals surface area contributed by atoms with Crippen molar-refractivity contribution in [2.45, 2.75) is 31.7 Å². The number of aromatic nitrogens is 2. The number of benzene rings is 1. The molecular formula is C16H14F3N3O3. The number of amides is 1. The third-order valence-corrected chi connectivity index (χ3v) is 3.57. The molecule has 2 aromatic rings. The molecule has 0 atom stereocenters. The minimum absolute atomic E-state index is 0.0164. The number of H-pyrrole nitrogens is 1. The van der Waals surface area contributed by atoms with Gasteiger partial charge in [0.25, 0.3) is 11.5 Å². The fourth-order valence-corrected chi connectivity index (χ4v) is 2.22. The van der Waals surface area contributed by atoms with E-state index in [1.165, 1.54) is 12.1 Å². The molecule has 0 radical (unpaired) electrons. The molecule has 2 N–H and O–H groups in total. The van der Waals surface area contributed by atoms with Crippen LogP contribution >= 0.6 is 0 Å². The number of ether oxygens (including phenoxy) is 1. The minimum Gasteiger partial charge on any atom is -0.406 e. The molecule has 1 aromatic heterocycles. The van der Waals surface area contributed by atoms with Gasteiger partial charge in [-0.25, -0.2) is 4.98 Å². The number of nitrogens with zero attached hydrogens (tertiary/aromatic N) is 1. The summed E-state index contributed by atoms with van der Waals surface area (Å²) in [4.78, 5) is 30.5. The number of alkyl halides is 3. The number of hydrogen-bond donors (Lipinski definition) is 2. The summed E-state index contributed by atoms with van der Waals surface area (Å²) in [7, 11) is 0. The van der Waals surface area contributed by atoms with E-state index in [4.69, 9.17) is 0 Å². The van der Waals surface area contributed by atoms with Gasteiger partial charge in [-0.15, -0.1) is 13.2 Å². The zero-order valence-electron chi connectivity index (χ0n) is 12.9. The first-order valence-electron chi connectivity index (χ1n) is 7.54. The second-order valence-corrected chi connectivity index (χ2v) is 5.66. The molecule has 9 heteroatoms. The van der Waals surface area contributed by atoms with E-state index >= 15 is 0 Å². The molecule has 0 aliphatic heterocycles. The highest BCUT2D eigenvalue weighted by Gasteiger charge is 2.31. The van der Waals surface area contributed by atoms with Crippen molar-refractivity contribution in [1.82, 2.24) is 15.3 Å². The van der Waals surface area contributed by atoms with Gasteiger partial charge in [0.2, 0.25) is 0 Å². The van der Waals surface area contributed by atoms with Gasteiger partial charge >= 0.3 is 6.36 Å². The summed E-state index contributed by atoms with van der Waals surface area (Å²) >= 11 is 0. The fraction of sp³-hybridized carbons (Fsp3) is 0.312. The van der Waals surface area contributed by atoms with Crippen LogP contribution in [0.2, 0.25) is 0 Å². The Hall–Kier alpha value is -2.84. The van der Waals surface area contributed by atoms with Gasteiger partial charge in [-0.2, -0.15) is 0 Å². The maximum Gasteiger partial charge on any atom is 0.573 e. The third kappa shape index (κ3) is 4.82. The highest BCUT2D eigenvalue weighted by atomic mass is 19.4. The van der Waals surface area contributed by atoms with E-state index in [-0.39, 0.29) is 23.9 Å². The van der Waals surface area contributed by atoms with E-state index in [9.17, 15) is 22.8 Å². The summed E-state index contributed by atoms with van der Waals surface area (Å²) in [6, 6.07) is 6.24. The molecule has 1 aliphatic carbocycles. The topological polar surface area (TPSA) is 84.1 Å². The van der Waals surface area contributed by atoms with Crippen LogP contribution in [0, 0.1) is 0 Å². The van der Waals surface area contributed by atoms with Crippen LogP contribution < -0.4 is 15.6 Å². The number of carbonyl (C=O) groups is 1. The van der Waals surface area contributed by atoms with E-state index in [0.717, 1.165) is 31.0 Å². The SMILES string of the molecule is O=C(NCc1ccc(OC(F)(F)F)cc1)c1cc(=O)[nH]c(C2CC2)n1. The molecule has 1 aromatic carbocycles. The number of nitrogens with one attached hydrogen (secondary N) is 2. The molecule has 132 valence electrons. The monoisotopic (exact) mass is 353 g/mol. The van der Waals surface area contributed by atoms with E-state index < -0.39 is 17.8 Å². The minimum atomic E-state index is -4.75. The van der Waals surface area contributed by atoms with Gasteiger partial charge in [-0.05, 0) is 30.5 Å². The van der Waals surface area contributed by atoms with Crippen molar-refractivity contribution < 1.29 is 22.7 Å². The van der Waals surface area contributed by atoms with E-state index in [1.54, 1.807) is 0 Å². The Morgan fingerprint density at radius 1 is 1.28 bits per heavy atom. The van der Waals surface area contributed by atoms with Crippen LogP contribution in [-0.4, -0.2) is 22.2 Å². The Morgan fingerprint density at radius 3 is 2.56 bits per heavy atom. The summed E-state index contributed by atoms with van der Waals surface area (Å²) in [5.41, 5.74) is 0.202. The van der Waals surface area contributed by atoms with Crippen molar-refractivity contribution in [3.8, 4) is 5.75 Å². The average molecular weight is 353 g/mol. The Balaban J connectivity index is 1.61. The van der Waals surface area contributed by atoms with E-state index in [2.05, 4.69) is 20.0 Å². The molecule has 1 amide bonds. The maximum absolute atomic E-state index is 12.1. The Morgan fingerprint density at radius 2 is 1.96 bits per heavy atom. The number of carbonyl (C=O) groups excluding carboxylic acids is 1. The quantitative estimate of drug-likeness (QED) is 0.865. The first-order valence-corrected chi connectivity index (χ1v) is 7.54. The van der Waals surface area contributed by atoms with Crippen LogP contribution in [0.4, 0.5) is 13.2 Å². The van der Waals surface area contributed by atoms with Gasteiger partial charge in [-0.3, -0.25) is 9.59 Å². The Kier molecular flexibility index (Phi) is 4.47. The molecule has 1 fully saturated rings. The first kappa shape index (κ1) is 17.0. The average Bonchev–Trinajstić information content (AvgIpc) is 3.37. The van der Waals surface area contributed by atoms with E-state index in [1.807, 2.05) is 0 Å². The summed E-state index contributed by atoms with van der Waals surface area (Å²) in [5, 5.41) is 2.58. The van der Waals surface area contributed by atoms with Crippen LogP contribution in [0.3, 0.4) is 0 Å². The molecule has 3 rings (SSSR count). The van der Waals surface area contributed by atoms with Gasteiger partial charge in [0.15, 0.2) is 0 Å². The molecule has 0 bridgehead atoms. The van der Waals surface area contributed by atoms with Gasteiger partial charge in [0, 0.05) is 18.5 Å². The predicted molar refractivity (Wildman–Crippen MR) is 81.1 cm³/mol. The normalized spacial score (nSPS) is 14.2. The zero-order valence-corrected chi connectivity index (χ0v) is 12.9. The molecule has 0 unspecified atom stereocenters. The number of rotatable bonds is 5. The van der Waals surface area contributed by atoms with Crippen molar-refractivity contribution >= 4 is 5.91 Å². The molecule has 0 saturated heterocycles. The fourth-order valence-electron chi connectivity index (χ4n) is 2.22. The van der Waals surface area contributed by atoms with Crippen molar-refractivity contribution in [2.75, 3.05) is 0 Å². The molecule has 6 nitrogen and oxygen atoms in total. The maximum atomic E-state index is 12.1. The highest BCUT2D eigenvalue weighted by Crippen LogP contribution is 2.37. The number of hydrogen-bond acceptors (Lipinski definition) is 4. The van der Waals surface area contributed by atoms with Crippen molar-refractivity contribution in [2.24, 2.45) is 0 Å². The molecule has 1 heterocycles. The van der Waals surface area contributed by atoms with Crippen molar-refractivity contribution in [3.05, 3.63) is 57.8 Å². The molecule has 0 spiro atoms. The zero-order chi connectivity index (χ0) is 18.0. The first-order chi connectivity index (χ1) is 11.8. The van der Waals surface area contributed by atoms with Crippen LogP contribution in [0.5, 0.6) is 5.75 Å². The van der Waals surface area contributed by atoms with E-state index in [0.29, 0.717) is 11.4 Å². The van der Waals surface area contributed by atoms with Crippen molar-refractivity contribution in [1.29, 1.82) is 0 Å². The van der Waals surface area contributed by atoms with Gasteiger partial charge in [0.05, 0.1) is 0 Å². The lowest BCUT2D eigenvalue weighted by molar-refractivity contribution is -0.274. The van der Waals surface area contributed by atoms with Gasteiger partial charge in [-0.1, -0.05) is 12.1 Å². The Bertz CT molecular complexity index is 827. The largest absolute Gasteiger partial charge is 0.573 e. The lowest BCUT2D eigenvalue weighted by Gasteiger charge is -2.10. The lowest BCUT2D eigenvalue weighted by atomic mass is 10.2. The summed E-state index contributed by atoms with van der Waals surface area (Å²) in [6.07, 6.45) is -2.89. The van der Waals surface area contributed by atoms with Crippen LogP contribution in [0.1, 0.15) is 40.6 Å². The van der Waals surface area contributed by atoms with Crippen LogP contribution in [0.15, 0.2) is 35.1 Å². The highest BCUT2D eigenvalue weighted by molar-refractivity contribution is 5.92. The molecule has 1 saturated carbocycles. The smallest absolute Gasteiger partial charge is 0.406 e. The standard InChI is InChI=1S/C16H14F3N3O3/c17-16(18,19)25-11-5-1-9(2-6-11)8-20-15(24)12-7-13(23)22-14(21-12)10-3-4-10/h1-2,5-7,10H,3-4,8H2,(H,20,24)(H,21,22,23). The van der Waals surface area contributed by atoms with Crippen molar-refractivity contribution in [3.63, 3.8) is 0 Å². The van der Waals surface area contributed by atoms with Gasteiger partial charge in [0.1, 0.15) is 17.3 Å². The second kappa shape index (κ2) is 6.58. The molecule has 1 aliphatic rings. The predicted octanol–water partition coefficient (Wildman–Crippen LogP) is 2.48. The third-order valence-electron chi connectivity index (χ3n) is 3.57. The lowest BCUT2D eigenvalue weighted by Crippen LogP contribution is -2.26. The van der Waals surface area contributed by atoms with Crippen LogP contribution in [-0.2, 0) is 6.54 Å². The molecule has 25 heavy (non-hydrogen) atoms. The Labute approximate surface area is 140 Å². The summed E-state index contributed by atoms with van der Waals surface area (Å²) < 4.78 is 40.1. The van der Waals surface area contributed by atoms with Gasteiger partial charge < -0.3 is 15.0 Å². The number of halogens is 3. The van der Waals surface area contributed by atoms with Crippen LogP contribution in [0.25, 0.3) is 0 Å². The summed E-state index contributed by atoms with van der Waals surface area (Å²) in [6.45, 7) is 0.0817. The second-order valence-electron chi connectivity index (χ2n) is 5.66.